The minimum absolute atomic E-state index is 0.0553. The molecule has 1 aromatic carbocycles. The Bertz CT molecular complexity index is 500. The summed E-state index contributed by atoms with van der Waals surface area (Å²) in [5.74, 6) is 0.0553. The summed E-state index contributed by atoms with van der Waals surface area (Å²) in [6, 6.07) is 4.70. The molecule has 0 aliphatic heterocycles. The van der Waals surface area contributed by atoms with Crippen LogP contribution in [0.25, 0.3) is 0 Å². The van der Waals surface area contributed by atoms with E-state index in [0.29, 0.717) is 18.8 Å². The van der Waals surface area contributed by atoms with E-state index in [-0.39, 0.29) is 5.75 Å². The standard InChI is InChI=1S/C12H20N2O3S/c1-4-8-13-18(16,17)14(5-2)12-9-11(15)7-6-10(12)3/h6-7,9,13,15H,4-5,8H2,1-3H3. The molecule has 5 nitrogen and oxygen atoms in total. The molecule has 0 aromatic heterocycles. The van der Waals surface area contributed by atoms with Crippen molar-refractivity contribution in [3.63, 3.8) is 0 Å². The molecule has 0 fully saturated rings. The second-order valence-corrected chi connectivity index (χ2v) is 5.71. The Kier molecular flexibility index (Phi) is 4.98. The number of benzene rings is 1. The molecule has 0 bridgehead atoms. The second-order valence-electron chi connectivity index (χ2n) is 4.03. The first-order valence-electron chi connectivity index (χ1n) is 5.99. The summed E-state index contributed by atoms with van der Waals surface area (Å²) in [5.41, 5.74) is 1.30. The van der Waals surface area contributed by atoms with Crippen molar-refractivity contribution in [1.82, 2.24) is 4.72 Å². The zero-order chi connectivity index (χ0) is 13.8. The molecule has 0 heterocycles. The molecule has 0 unspecified atom stereocenters. The lowest BCUT2D eigenvalue weighted by atomic mass is 10.2. The monoisotopic (exact) mass is 272 g/mol. The van der Waals surface area contributed by atoms with Crippen LogP contribution in [0, 0.1) is 6.92 Å². The van der Waals surface area contributed by atoms with Gasteiger partial charge in [-0.2, -0.15) is 13.1 Å². The number of aromatic hydroxyl groups is 1. The highest BCUT2D eigenvalue weighted by Gasteiger charge is 2.21. The fourth-order valence-electron chi connectivity index (χ4n) is 1.65. The fraction of sp³-hybridized carbons (Fsp3) is 0.500. The second kappa shape index (κ2) is 6.06. The van der Waals surface area contributed by atoms with Gasteiger partial charge in [-0.05, 0) is 31.9 Å². The molecule has 0 radical (unpaired) electrons. The van der Waals surface area contributed by atoms with Crippen molar-refractivity contribution in [2.24, 2.45) is 0 Å². The summed E-state index contributed by atoms with van der Waals surface area (Å²) >= 11 is 0. The third-order valence-electron chi connectivity index (χ3n) is 2.57. The van der Waals surface area contributed by atoms with E-state index in [2.05, 4.69) is 4.72 Å². The van der Waals surface area contributed by atoms with Crippen molar-refractivity contribution < 1.29 is 13.5 Å². The molecule has 1 rings (SSSR count). The molecule has 0 saturated carbocycles. The number of phenols is 1. The molecule has 1 aromatic rings. The molecule has 102 valence electrons. The van der Waals surface area contributed by atoms with Gasteiger partial charge in [0.1, 0.15) is 5.75 Å². The van der Waals surface area contributed by atoms with Crippen LogP contribution < -0.4 is 9.03 Å². The Morgan fingerprint density at radius 3 is 2.56 bits per heavy atom. The van der Waals surface area contributed by atoms with Crippen molar-refractivity contribution >= 4 is 15.9 Å². The average Bonchev–Trinajstić information content (AvgIpc) is 2.31. The maximum Gasteiger partial charge on any atom is 0.301 e. The number of nitrogens with one attached hydrogen (secondary N) is 1. The number of anilines is 1. The number of aryl methyl sites for hydroxylation is 1. The molecule has 0 aliphatic rings. The van der Waals surface area contributed by atoms with E-state index >= 15 is 0 Å². The highest BCUT2D eigenvalue weighted by molar-refractivity contribution is 7.90. The number of hydrogen-bond donors (Lipinski definition) is 2. The van der Waals surface area contributed by atoms with Crippen LogP contribution in [0.4, 0.5) is 5.69 Å². The molecule has 0 spiro atoms. The molecular formula is C12H20N2O3S. The highest BCUT2D eigenvalue weighted by atomic mass is 32.2. The Morgan fingerprint density at radius 1 is 1.33 bits per heavy atom. The van der Waals surface area contributed by atoms with Crippen molar-refractivity contribution in [2.45, 2.75) is 27.2 Å². The molecule has 6 heteroatoms. The van der Waals surface area contributed by atoms with E-state index in [1.54, 1.807) is 19.1 Å². The lowest BCUT2D eigenvalue weighted by Crippen LogP contribution is -2.41. The van der Waals surface area contributed by atoms with Crippen LogP contribution in [0.3, 0.4) is 0 Å². The van der Waals surface area contributed by atoms with Crippen LogP contribution >= 0.6 is 0 Å². The maximum absolute atomic E-state index is 12.1. The summed E-state index contributed by atoms with van der Waals surface area (Å²) < 4.78 is 28.0. The molecule has 0 amide bonds. The smallest absolute Gasteiger partial charge is 0.301 e. The molecule has 0 atom stereocenters. The Labute approximate surface area is 109 Å². The van der Waals surface area contributed by atoms with Crippen molar-refractivity contribution in [1.29, 1.82) is 0 Å². The van der Waals surface area contributed by atoms with Crippen LogP contribution in [-0.2, 0) is 10.2 Å². The Morgan fingerprint density at radius 2 is 2.00 bits per heavy atom. The first-order chi connectivity index (χ1) is 8.42. The van der Waals surface area contributed by atoms with Crippen LogP contribution in [0.1, 0.15) is 25.8 Å². The molecule has 0 saturated heterocycles. The Balaban J connectivity index is 3.13. The zero-order valence-corrected chi connectivity index (χ0v) is 11.8. The van der Waals surface area contributed by atoms with Gasteiger partial charge in [-0.15, -0.1) is 0 Å². The predicted octanol–water partition coefficient (Wildman–Crippen LogP) is 1.77. The lowest BCUT2D eigenvalue weighted by molar-refractivity contribution is 0.475. The predicted molar refractivity (Wildman–Crippen MR) is 73.1 cm³/mol. The summed E-state index contributed by atoms with van der Waals surface area (Å²) in [5, 5.41) is 9.48. The average molecular weight is 272 g/mol. The number of phenolic OH excluding ortho intramolecular Hbond substituents is 1. The van der Waals surface area contributed by atoms with Gasteiger partial charge < -0.3 is 5.11 Å². The van der Waals surface area contributed by atoms with Gasteiger partial charge in [-0.25, -0.2) is 0 Å². The van der Waals surface area contributed by atoms with Crippen molar-refractivity contribution in [2.75, 3.05) is 17.4 Å². The van der Waals surface area contributed by atoms with Crippen molar-refractivity contribution in [3.05, 3.63) is 23.8 Å². The number of nitrogens with zero attached hydrogens (tertiary/aromatic N) is 1. The topological polar surface area (TPSA) is 69.6 Å². The third-order valence-corrected chi connectivity index (χ3v) is 4.18. The summed E-state index contributed by atoms with van der Waals surface area (Å²) in [4.78, 5) is 0. The van der Waals surface area contributed by atoms with Crippen molar-refractivity contribution in [3.8, 4) is 5.75 Å². The summed E-state index contributed by atoms with van der Waals surface area (Å²) in [6.45, 7) is 6.18. The van der Waals surface area contributed by atoms with Crippen LogP contribution in [0.2, 0.25) is 0 Å². The van der Waals surface area contributed by atoms with E-state index in [1.165, 1.54) is 10.4 Å². The summed E-state index contributed by atoms with van der Waals surface area (Å²) in [7, 11) is -3.55. The quantitative estimate of drug-likeness (QED) is 0.829. The van der Waals surface area contributed by atoms with Gasteiger partial charge in [0.15, 0.2) is 0 Å². The highest BCUT2D eigenvalue weighted by Crippen LogP contribution is 2.26. The first-order valence-corrected chi connectivity index (χ1v) is 7.43. The van der Waals surface area contributed by atoms with Gasteiger partial charge in [-0.1, -0.05) is 13.0 Å². The van der Waals surface area contributed by atoms with Gasteiger partial charge in [0.2, 0.25) is 0 Å². The summed E-state index contributed by atoms with van der Waals surface area (Å²) in [6.07, 6.45) is 0.732. The van der Waals surface area contributed by atoms with Gasteiger partial charge in [0.25, 0.3) is 0 Å². The van der Waals surface area contributed by atoms with E-state index in [0.717, 1.165) is 12.0 Å². The first kappa shape index (κ1) is 14.8. The molecule has 2 N–H and O–H groups in total. The third kappa shape index (κ3) is 3.36. The van der Waals surface area contributed by atoms with Gasteiger partial charge in [0, 0.05) is 19.2 Å². The SMILES string of the molecule is CCCNS(=O)(=O)N(CC)c1cc(O)ccc1C. The maximum atomic E-state index is 12.1. The minimum Gasteiger partial charge on any atom is -0.508 e. The zero-order valence-electron chi connectivity index (χ0n) is 11.0. The van der Waals surface area contributed by atoms with E-state index < -0.39 is 10.2 Å². The number of hydrogen-bond acceptors (Lipinski definition) is 3. The van der Waals surface area contributed by atoms with Gasteiger partial charge in [0.05, 0.1) is 5.69 Å². The lowest BCUT2D eigenvalue weighted by Gasteiger charge is -2.24. The van der Waals surface area contributed by atoms with E-state index in [4.69, 9.17) is 0 Å². The van der Waals surface area contributed by atoms with Crippen LogP contribution in [0.15, 0.2) is 18.2 Å². The van der Waals surface area contributed by atoms with E-state index in [1.807, 2.05) is 13.8 Å². The van der Waals surface area contributed by atoms with E-state index in [9.17, 15) is 13.5 Å². The van der Waals surface area contributed by atoms with Gasteiger partial charge in [-0.3, -0.25) is 4.31 Å². The molecule has 0 aliphatic carbocycles. The molecule has 18 heavy (non-hydrogen) atoms. The number of rotatable bonds is 6. The fourth-order valence-corrected chi connectivity index (χ4v) is 3.06. The Hall–Kier alpha value is -1.27. The molecular weight excluding hydrogens is 252 g/mol. The van der Waals surface area contributed by atoms with Crippen LogP contribution in [0.5, 0.6) is 5.75 Å². The van der Waals surface area contributed by atoms with Crippen LogP contribution in [-0.4, -0.2) is 26.6 Å². The van der Waals surface area contributed by atoms with Gasteiger partial charge >= 0.3 is 10.2 Å². The normalized spacial score (nSPS) is 11.5. The minimum atomic E-state index is -3.55. The largest absolute Gasteiger partial charge is 0.508 e.